The standard InChI is InChI=1S/C9H20.C8H18.12CH4/c1-6-8(4)9(5)7(2)3;1-5-8(4)6-7(2)3;;;;;;;;;;;;/h7-9H,6H2,1-5H3;7-8H,5-6H2,1-4H3;12*1H4. The fraction of sp³-hybridized carbons (Fsp3) is 1.00. The maximum absolute atomic E-state index is 2.35. The van der Waals surface area contributed by atoms with Crippen molar-refractivity contribution in [2.45, 2.75) is 171 Å². The fourth-order valence-electron chi connectivity index (χ4n) is 2.00. The predicted molar refractivity (Wildman–Crippen MR) is 163 cm³/mol. The summed E-state index contributed by atoms with van der Waals surface area (Å²) in [5, 5.41) is 0. The van der Waals surface area contributed by atoms with Gasteiger partial charge in [-0.3, -0.25) is 0 Å². The van der Waals surface area contributed by atoms with Crippen molar-refractivity contribution >= 4 is 0 Å². The Morgan fingerprint density at radius 2 is 0.724 bits per heavy atom. The second kappa shape index (κ2) is 63.0. The summed E-state index contributed by atoms with van der Waals surface area (Å²) in [6.45, 7) is 20.7. The van der Waals surface area contributed by atoms with Crippen LogP contribution in [0.5, 0.6) is 0 Å². The summed E-state index contributed by atoms with van der Waals surface area (Å²) in [7, 11) is 0. The van der Waals surface area contributed by atoms with Crippen LogP contribution in [0.15, 0.2) is 0 Å². The van der Waals surface area contributed by atoms with Gasteiger partial charge in [0.1, 0.15) is 0 Å². The van der Waals surface area contributed by atoms with Crippen molar-refractivity contribution < 1.29 is 0 Å². The second-order valence-corrected chi connectivity index (χ2v) is 6.63. The lowest BCUT2D eigenvalue weighted by Gasteiger charge is -2.21. The summed E-state index contributed by atoms with van der Waals surface area (Å²) in [5.41, 5.74) is 0. The number of hydrogen-bond acceptors (Lipinski definition) is 0. The number of rotatable bonds is 6. The first-order valence-electron chi connectivity index (χ1n) is 7.76. The monoisotopic (exact) mass is 435 g/mol. The van der Waals surface area contributed by atoms with Crippen molar-refractivity contribution in [3.63, 3.8) is 0 Å². The third kappa shape index (κ3) is 73.9. The van der Waals surface area contributed by atoms with Crippen LogP contribution in [0.4, 0.5) is 0 Å². The molecule has 0 rings (SSSR count). The van der Waals surface area contributed by atoms with E-state index >= 15 is 0 Å². The van der Waals surface area contributed by atoms with Crippen molar-refractivity contribution in [2.24, 2.45) is 29.6 Å². The van der Waals surface area contributed by atoms with E-state index in [4.69, 9.17) is 0 Å². The maximum atomic E-state index is 2.35. The first-order valence-corrected chi connectivity index (χ1v) is 7.76. The van der Waals surface area contributed by atoms with Gasteiger partial charge in [0.25, 0.3) is 0 Å². The van der Waals surface area contributed by atoms with E-state index in [2.05, 4.69) is 62.3 Å². The molecule has 0 spiro atoms. The van der Waals surface area contributed by atoms with Gasteiger partial charge < -0.3 is 0 Å². The normalized spacial score (nSPS) is 9.62. The molecule has 0 N–H and O–H groups in total. The van der Waals surface area contributed by atoms with E-state index in [1.54, 1.807) is 0 Å². The van der Waals surface area contributed by atoms with Crippen molar-refractivity contribution in [3.05, 3.63) is 0 Å². The molecule has 3 atom stereocenters. The topological polar surface area (TPSA) is 0 Å². The average molecular weight is 435 g/mol. The Labute approximate surface area is 200 Å². The third-order valence-corrected chi connectivity index (χ3v) is 4.16. The molecule has 0 aromatic rings. The van der Waals surface area contributed by atoms with Crippen LogP contribution in [-0.2, 0) is 0 Å². The highest BCUT2D eigenvalue weighted by Crippen LogP contribution is 2.21. The molecule has 0 radical (unpaired) electrons. The molecule has 0 aromatic carbocycles. The predicted octanol–water partition coefficient (Wildman–Crippen LogP) is 14.0. The lowest BCUT2D eigenvalue weighted by Crippen LogP contribution is -2.12. The summed E-state index contributed by atoms with van der Waals surface area (Å²) < 4.78 is 0. The molecule has 3 unspecified atom stereocenters. The summed E-state index contributed by atoms with van der Waals surface area (Å²) in [4.78, 5) is 0. The minimum absolute atomic E-state index is 0. The molecule has 0 aliphatic heterocycles. The van der Waals surface area contributed by atoms with Crippen LogP contribution in [0.3, 0.4) is 0 Å². The average Bonchev–Trinajstić information content (AvgIpc) is 2.26. The van der Waals surface area contributed by atoms with E-state index in [0.717, 1.165) is 29.6 Å². The van der Waals surface area contributed by atoms with E-state index in [-0.39, 0.29) is 89.1 Å². The molecule has 0 aliphatic rings. The quantitative estimate of drug-likeness (QED) is 0.389. The SMILES string of the molecule is C.C.C.C.C.C.C.C.C.C.C.C.CCC(C)C(C)C(C)C.CCC(C)CC(C)C. The van der Waals surface area contributed by atoms with Gasteiger partial charge in [0.15, 0.2) is 0 Å². The molecule has 202 valence electrons. The van der Waals surface area contributed by atoms with Gasteiger partial charge in [-0.15, -0.1) is 0 Å². The number of hydrogen-bond donors (Lipinski definition) is 0. The zero-order valence-corrected chi connectivity index (χ0v) is 14.0. The van der Waals surface area contributed by atoms with Crippen LogP contribution in [0.1, 0.15) is 171 Å². The van der Waals surface area contributed by atoms with Crippen LogP contribution in [0.2, 0.25) is 0 Å². The van der Waals surface area contributed by atoms with E-state index in [0.29, 0.717) is 0 Å². The smallest absolute Gasteiger partial charge is 0.0394 e. The maximum Gasteiger partial charge on any atom is -0.0394 e. The molecule has 0 saturated heterocycles. The lowest BCUT2D eigenvalue weighted by molar-refractivity contribution is 0.289. The molecule has 0 nitrogen and oxygen atoms in total. The Balaban J connectivity index is -0.00000000917. The van der Waals surface area contributed by atoms with Gasteiger partial charge in [-0.05, 0) is 36.0 Å². The highest BCUT2D eigenvalue weighted by molar-refractivity contribution is 4.62. The van der Waals surface area contributed by atoms with Crippen LogP contribution >= 0.6 is 0 Å². The molecular formula is C29H86. The van der Waals surface area contributed by atoms with Crippen LogP contribution < -0.4 is 0 Å². The molecule has 0 aromatic heterocycles. The Bertz CT molecular complexity index is 146. The highest BCUT2D eigenvalue weighted by Gasteiger charge is 2.12. The molecule has 0 fully saturated rings. The minimum Gasteiger partial charge on any atom is -0.0776 e. The van der Waals surface area contributed by atoms with Crippen LogP contribution in [0, 0.1) is 29.6 Å². The largest absolute Gasteiger partial charge is 0.0776 e. The van der Waals surface area contributed by atoms with Gasteiger partial charge in [-0.25, -0.2) is 0 Å². The van der Waals surface area contributed by atoms with Crippen molar-refractivity contribution in [1.82, 2.24) is 0 Å². The molecule has 0 bridgehead atoms. The molecular weight excluding hydrogens is 348 g/mol. The summed E-state index contributed by atoms with van der Waals surface area (Å²) in [6, 6.07) is 0. The fourth-order valence-corrected chi connectivity index (χ4v) is 2.00. The van der Waals surface area contributed by atoms with E-state index in [9.17, 15) is 0 Å². The van der Waals surface area contributed by atoms with Crippen LogP contribution in [0.25, 0.3) is 0 Å². The van der Waals surface area contributed by atoms with E-state index in [1.807, 2.05) is 0 Å². The second-order valence-electron chi connectivity index (χ2n) is 6.63. The molecule has 0 heterocycles. The molecule has 0 amide bonds. The zero-order valence-electron chi connectivity index (χ0n) is 14.0. The van der Waals surface area contributed by atoms with Crippen molar-refractivity contribution in [2.75, 3.05) is 0 Å². The lowest BCUT2D eigenvalue weighted by atomic mass is 9.85. The molecule has 0 aliphatic carbocycles. The van der Waals surface area contributed by atoms with Gasteiger partial charge in [0.05, 0.1) is 0 Å². The van der Waals surface area contributed by atoms with Gasteiger partial charge in [0, 0.05) is 0 Å². The van der Waals surface area contributed by atoms with Gasteiger partial charge in [-0.1, -0.05) is 164 Å². The zero-order chi connectivity index (χ0) is 14.0. The Kier molecular flexibility index (Phi) is 220. The highest BCUT2D eigenvalue weighted by atomic mass is 14.2. The molecule has 0 saturated carbocycles. The summed E-state index contributed by atoms with van der Waals surface area (Å²) in [6.07, 6.45) is 4.04. The molecule has 0 heteroatoms. The van der Waals surface area contributed by atoms with E-state index < -0.39 is 0 Å². The van der Waals surface area contributed by atoms with Crippen LogP contribution in [-0.4, -0.2) is 0 Å². The van der Waals surface area contributed by atoms with Crippen molar-refractivity contribution in [1.29, 1.82) is 0 Å². The van der Waals surface area contributed by atoms with Crippen molar-refractivity contribution in [3.8, 4) is 0 Å². The Morgan fingerprint density at radius 1 is 0.448 bits per heavy atom. The third-order valence-electron chi connectivity index (χ3n) is 4.16. The first kappa shape index (κ1) is 101. The Hall–Kier alpha value is 0. The van der Waals surface area contributed by atoms with Gasteiger partial charge >= 0.3 is 0 Å². The van der Waals surface area contributed by atoms with E-state index in [1.165, 1.54) is 19.3 Å². The first-order chi connectivity index (χ1) is 7.76. The van der Waals surface area contributed by atoms with Gasteiger partial charge in [0.2, 0.25) is 0 Å². The summed E-state index contributed by atoms with van der Waals surface area (Å²) >= 11 is 0. The minimum atomic E-state index is 0. The van der Waals surface area contributed by atoms with Gasteiger partial charge in [-0.2, -0.15) is 0 Å². The molecule has 29 heavy (non-hydrogen) atoms. The Morgan fingerprint density at radius 3 is 0.793 bits per heavy atom. The summed E-state index contributed by atoms with van der Waals surface area (Å²) in [5.74, 6) is 4.43.